The minimum absolute atomic E-state index is 0.129. The molecule has 6 heteroatoms. The van der Waals surface area contributed by atoms with Crippen molar-refractivity contribution >= 4 is 11.7 Å². The molecule has 0 aromatic carbocycles. The van der Waals surface area contributed by atoms with Crippen LogP contribution < -0.4 is 4.90 Å². The Morgan fingerprint density at radius 1 is 1.36 bits per heavy atom. The Kier molecular flexibility index (Phi) is 4.57. The number of amides is 1. The van der Waals surface area contributed by atoms with Crippen LogP contribution in [-0.2, 0) is 4.79 Å². The Bertz CT molecular complexity index is 510. The monoisotopic (exact) mass is 304 g/mol. The van der Waals surface area contributed by atoms with Gasteiger partial charge in [0.1, 0.15) is 18.2 Å². The van der Waals surface area contributed by atoms with E-state index in [4.69, 9.17) is 0 Å². The summed E-state index contributed by atoms with van der Waals surface area (Å²) in [7, 11) is 0. The largest absolute Gasteiger partial charge is 0.391 e. The fourth-order valence-corrected chi connectivity index (χ4v) is 3.45. The molecule has 6 nitrogen and oxygen atoms in total. The van der Waals surface area contributed by atoms with Crippen molar-refractivity contribution in [3.05, 3.63) is 18.6 Å². The van der Waals surface area contributed by atoms with Crippen LogP contribution in [0.1, 0.15) is 32.6 Å². The van der Waals surface area contributed by atoms with Gasteiger partial charge in [-0.3, -0.25) is 4.79 Å². The molecule has 0 saturated carbocycles. The molecule has 2 fully saturated rings. The first-order valence-corrected chi connectivity index (χ1v) is 8.14. The molecule has 3 heterocycles. The van der Waals surface area contributed by atoms with E-state index in [1.54, 1.807) is 12.3 Å². The highest BCUT2D eigenvalue weighted by molar-refractivity contribution is 5.85. The third-order valence-corrected chi connectivity index (χ3v) is 4.75. The number of aromatic nitrogens is 2. The van der Waals surface area contributed by atoms with Crippen molar-refractivity contribution < 1.29 is 9.90 Å². The molecule has 1 amide bonds. The molecule has 3 rings (SSSR count). The second kappa shape index (κ2) is 6.60. The van der Waals surface area contributed by atoms with Gasteiger partial charge in [-0.05, 0) is 31.2 Å². The summed E-state index contributed by atoms with van der Waals surface area (Å²) in [4.78, 5) is 25.0. The van der Waals surface area contributed by atoms with E-state index >= 15 is 0 Å². The third-order valence-electron chi connectivity index (χ3n) is 4.75. The first-order chi connectivity index (χ1) is 10.6. The smallest absolute Gasteiger partial charge is 0.245 e. The van der Waals surface area contributed by atoms with Gasteiger partial charge in [-0.25, -0.2) is 9.97 Å². The van der Waals surface area contributed by atoms with E-state index in [1.165, 1.54) is 12.7 Å². The molecule has 1 aromatic rings. The highest BCUT2D eigenvalue weighted by atomic mass is 16.3. The number of β-amino-alcohol motifs (C(OH)–C–C–N with tert-alkyl or cyclic N) is 1. The summed E-state index contributed by atoms with van der Waals surface area (Å²) >= 11 is 0. The van der Waals surface area contributed by atoms with Gasteiger partial charge >= 0.3 is 0 Å². The van der Waals surface area contributed by atoms with E-state index < -0.39 is 6.10 Å². The van der Waals surface area contributed by atoms with Crippen molar-refractivity contribution in [1.82, 2.24) is 14.9 Å². The maximum absolute atomic E-state index is 12.9. The molecule has 0 radical (unpaired) electrons. The quantitative estimate of drug-likeness (QED) is 0.885. The van der Waals surface area contributed by atoms with Crippen LogP contribution in [0.25, 0.3) is 0 Å². The van der Waals surface area contributed by atoms with Crippen molar-refractivity contribution in [2.45, 2.75) is 44.8 Å². The number of hydrogen-bond acceptors (Lipinski definition) is 5. The summed E-state index contributed by atoms with van der Waals surface area (Å²) in [6, 6.07) is 1.49. The molecule has 2 aliphatic rings. The Hall–Kier alpha value is -1.69. The average Bonchev–Trinajstić information content (AvgIpc) is 2.79. The van der Waals surface area contributed by atoms with Crippen molar-refractivity contribution in [1.29, 1.82) is 0 Å². The maximum atomic E-state index is 12.9. The zero-order chi connectivity index (χ0) is 15.5. The Labute approximate surface area is 131 Å². The lowest BCUT2D eigenvalue weighted by atomic mass is 10.0. The van der Waals surface area contributed by atoms with Crippen molar-refractivity contribution in [3.63, 3.8) is 0 Å². The van der Waals surface area contributed by atoms with Crippen LogP contribution in [-0.4, -0.2) is 57.7 Å². The summed E-state index contributed by atoms with van der Waals surface area (Å²) in [5.41, 5.74) is 0. The predicted octanol–water partition coefficient (Wildman–Crippen LogP) is 1.06. The number of aliphatic hydroxyl groups is 1. The Morgan fingerprint density at radius 3 is 3.00 bits per heavy atom. The van der Waals surface area contributed by atoms with Crippen LogP contribution in [0.5, 0.6) is 0 Å². The van der Waals surface area contributed by atoms with Gasteiger partial charge in [0.25, 0.3) is 0 Å². The molecule has 2 saturated heterocycles. The van der Waals surface area contributed by atoms with E-state index in [-0.39, 0.29) is 11.9 Å². The number of aliphatic hydroxyl groups excluding tert-OH is 1. The number of hydrogen-bond donors (Lipinski definition) is 1. The highest BCUT2D eigenvalue weighted by Crippen LogP contribution is 2.26. The van der Waals surface area contributed by atoms with Crippen LogP contribution in [0.2, 0.25) is 0 Å². The van der Waals surface area contributed by atoms with E-state index in [0.29, 0.717) is 24.7 Å². The second-order valence-electron chi connectivity index (χ2n) is 6.49. The lowest BCUT2D eigenvalue weighted by molar-refractivity contribution is -0.132. The molecular weight excluding hydrogens is 280 g/mol. The molecule has 3 atom stereocenters. The first kappa shape index (κ1) is 15.2. The molecule has 1 aromatic heterocycles. The van der Waals surface area contributed by atoms with Crippen LogP contribution in [0.4, 0.5) is 5.82 Å². The van der Waals surface area contributed by atoms with E-state index in [1.807, 2.05) is 9.80 Å². The Morgan fingerprint density at radius 2 is 2.23 bits per heavy atom. The summed E-state index contributed by atoms with van der Waals surface area (Å²) in [5, 5.41) is 10.0. The van der Waals surface area contributed by atoms with Crippen molar-refractivity contribution in [2.75, 3.05) is 24.5 Å². The third kappa shape index (κ3) is 3.21. The molecular formula is C16H24N4O2. The standard InChI is InChI=1S/C16H24N4O2/c1-12-3-2-7-19(8-5-12)16(22)14-9-13(21)10-20(14)15-4-6-17-11-18-15/h4,6,11-14,21H,2-3,5,7-10H2,1H3/t12-,13+,14+/m1/s1. The number of carbonyl (C=O) groups is 1. The SMILES string of the molecule is C[C@@H]1CCCN(C(=O)[C@@H]2C[C@H](O)CN2c2ccncn2)CC1. The van der Waals surface area contributed by atoms with Crippen molar-refractivity contribution in [3.8, 4) is 0 Å². The molecule has 22 heavy (non-hydrogen) atoms. The van der Waals surface area contributed by atoms with Gasteiger partial charge in [0, 0.05) is 32.3 Å². The topological polar surface area (TPSA) is 69.6 Å². The maximum Gasteiger partial charge on any atom is 0.245 e. The van der Waals surface area contributed by atoms with Gasteiger partial charge in [-0.2, -0.15) is 0 Å². The van der Waals surface area contributed by atoms with E-state index in [9.17, 15) is 9.90 Å². The molecule has 0 unspecified atom stereocenters. The lowest BCUT2D eigenvalue weighted by Gasteiger charge is -2.30. The van der Waals surface area contributed by atoms with Gasteiger partial charge in [0.15, 0.2) is 0 Å². The number of anilines is 1. The van der Waals surface area contributed by atoms with Gasteiger partial charge in [0.2, 0.25) is 5.91 Å². The average molecular weight is 304 g/mol. The number of rotatable bonds is 2. The zero-order valence-corrected chi connectivity index (χ0v) is 13.1. The summed E-state index contributed by atoms with van der Waals surface area (Å²) < 4.78 is 0. The summed E-state index contributed by atoms with van der Waals surface area (Å²) in [6.07, 6.45) is 6.47. The van der Waals surface area contributed by atoms with Crippen LogP contribution in [0.15, 0.2) is 18.6 Å². The van der Waals surface area contributed by atoms with Gasteiger partial charge < -0.3 is 14.9 Å². The minimum atomic E-state index is -0.477. The van der Waals surface area contributed by atoms with Crippen LogP contribution >= 0.6 is 0 Å². The van der Waals surface area contributed by atoms with Gasteiger partial charge in [0.05, 0.1) is 6.10 Å². The summed E-state index contributed by atoms with van der Waals surface area (Å²) in [6.45, 7) is 4.36. The lowest BCUT2D eigenvalue weighted by Crippen LogP contribution is -2.46. The Balaban J connectivity index is 1.75. The van der Waals surface area contributed by atoms with E-state index in [0.717, 1.165) is 25.9 Å². The second-order valence-corrected chi connectivity index (χ2v) is 6.49. The number of likely N-dealkylation sites (tertiary alicyclic amines) is 1. The molecule has 0 aliphatic carbocycles. The molecule has 0 spiro atoms. The molecule has 2 aliphatic heterocycles. The van der Waals surface area contributed by atoms with Gasteiger partial charge in [-0.15, -0.1) is 0 Å². The zero-order valence-electron chi connectivity index (χ0n) is 13.1. The number of nitrogens with zero attached hydrogens (tertiary/aromatic N) is 4. The van der Waals surface area contributed by atoms with Crippen LogP contribution in [0, 0.1) is 5.92 Å². The summed E-state index contributed by atoms with van der Waals surface area (Å²) in [5.74, 6) is 1.53. The molecule has 1 N–H and O–H groups in total. The normalized spacial score (nSPS) is 29.5. The number of carbonyl (C=O) groups excluding carboxylic acids is 1. The highest BCUT2D eigenvalue weighted by Gasteiger charge is 2.39. The minimum Gasteiger partial charge on any atom is -0.391 e. The fraction of sp³-hybridized carbons (Fsp3) is 0.688. The fourth-order valence-electron chi connectivity index (χ4n) is 3.45. The van der Waals surface area contributed by atoms with Gasteiger partial charge in [-0.1, -0.05) is 6.92 Å². The molecule has 120 valence electrons. The van der Waals surface area contributed by atoms with E-state index in [2.05, 4.69) is 16.9 Å². The predicted molar refractivity (Wildman–Crippen MR) is 83.4 cm³/mol. The van der Waals surface area contributed by atoms with Crippen molar-refractivity contribution in [2.24, 2.45) is 5.92 Å². The molecule has 0 bridgehead atoms. The van der Waals surface area contributed by atoms with Crippen LogP contribution in [0.3, 0.4) is 0 Å². The first-order valence-electron chi connectivity index (χ1n) is 8.14.